The van der Waals surface area contributed by atoms with E-state index in [0.29, 0.717) is 18.2 Å². The molecule has 1 aliphatic rings. The lowest BCUT2D eigenvalue weighted by molar-refractivity contribution is 0.0546. The Balaban J connectivity index is 1.87. The molecule has 3 atom stereocenters. The third-order valence-electron chi connectivity index (χ3n) is 4.25. The molecule has 1 aliphatic heterocycles. The number of nitrogens with one attached hydrogen (secondary N) is 1. The first kappa shape index (κ1) is 15.5. The van der Waals surface area contributed by atoms with E-state index in [1.54, 1.807) is 0 Å². The van der Waals surface area contributed by atoms with Gasteiger partial charge in [0.25, 0.3) is 0 Å². The van der Waals surface area contributed by atoms with Gasteiger partial charge in [-0.15, -0.1) is 0 Å². The van der Waals surface area contributed by atoms with E-state index in [1.165, 1.54) is 24.0 Å². The van der Waals surface area contributed by atoms with Gasteiger partial charge in [0.15, 0.2) is 0 Å². The van der Waals surface area contributed by atoms with E-state index < -0.39 is 0 Å². The molecule has 0 aromatic heterocycles. The van der Waals surface area contributed by atoms with E-state index in [0.717, 1.165) is 6.54 Å². The predicted molar refractivity (Wildman–Crippen MR) is 85.1 cm³/mol. The molecule has 0 aliphatic carbocycles. The van der Waals surface area contributed by atoms with E-state index >= 15 is 0 Å². The van der Waals surface area contributed by atoms with Crippen LogP contribution in [0, 0.1) is 0 Å². The van der Waals surface area contributed by atoms with Gasteiger partial charge in [-0.3, -0.25) is 0 Å². The van der Waals surface area contributed by atoms with Crippen LogP contribution < -0.4 is 5.32 Å². The van der Waals surface area contributed by atoms with Gasteiger partial charge in [-0.25, -0.2) is 0 Å². The lowest BCUT2D eigenvalue weighted by Gasteiger charge is -2.21. The lowest BCUT2D eigenvalue weighted by atomic mass is 9.86. The van der Waals surface area contributed by atoms with Crippen LogP contribution in [0.3, 0.4) is 0 Å². The highest BCUT2D eigenvalue weighted by atomic mass is 16.5. The van der Waals surface area contributed by atoms with E-state index in [9.17, 15) is 0 Å². The van der Waals surface area contributed by atoms with Crippen LogP contribution in [0.15, 0.2) is 24.3 Å². The second kappa shape index (κ2) is 6.28. The maximum atomic E-state index is 5.85. The minimum Gasteiger partial charge on any atom is -0.374 e. The predicted octanol–water partition coefficient (Wildman–Crippen LogP) is 4.20. The summed E-state index contributed by atoms with van der Waals surface area (Å²) in [5.74, 6) is 0. The van der Waals surface area contributed by atoms with Crippen molar-refractivity contribution >= 4 is 0 Å². The average molecular weight is 275 g/mol. The first-order valence-corrected chi connectivity index (χ1v) is 7.85. The standard InChI is InChI=1S/C18H29NO/c1-13-6-11-17(20-13)12-19-14(2)15-7-9-16(10-8-15)18(3,4)5/h7-10,13-14,17,19H,6,11-12H2,1-5H3. The van der Waals surface area contributed by atoms with Crippen molar-refractivity contribution in [3.63, 3.8) is 0 Å². The van der Waals surface area contributed by atoms with Crippen molar-refractivity contribution in [2.24, 2.45) is 0 Å². The van der Waals surface area contributed by atoms with Gasteiger partial charge in [-0.1, -0.05) is 45.0 Å². The molecule has 3 unspecified atom stereocenters. The van der Waals surface area contributed by atoms with E-state index in [-0.39, 0.29) is 5.41 Å². The highest BCUT2D eigenvalue weighted by Crippen LogP contribution is 2.24. The van der Waals surface area contributed by atoms with Crippen LogP contribution in [-0.4, -0.2) is 18.8 Å². The van der Waals surface area contributed by atoms with Gasteiger partial charge in [0.1, 0.15) is 0 Å². The smallest absolute Gasteiger partial charge is 0.0704 e. The monoisotopic (exact) mass is 275 g/mol. The molecule has 2 nitrogen and oxygen atoms in total. The third-order valence-corrected chi connectivity index (χ3v) is 4.25. The molecular weight excluding hydrogens is 246 g/mol. The van der Waals surface area contributed by atoms with Gasteiger partial charge in [-0.2, -0.15) is 0 Å². The van der Waals surface area contributed by atoms with Crippen molar-refractivity contribution in [2.45, 2.75) is 71.1 Å². The zero-order valence-corrected chi connectivity index (χ0v) is 13.6. The molecule has 0 saturated carbocycles. The summed E-state index contributed by atoms with van der Waals surface area (Å²) in [6.07, 6.45) is 3.20. The normalized spacial score (nSPS) is 24.9. The van der Waals surface area contributed by atoms with Crippen molar-refractivity contribution in [3.8, 4) is 0 Å². The van der Waals surface area contributed by atoms with E-state index in [1.807, 2.05) is 0 Å². The maximum absolute atomic E-state index is 5.85. The zero-order valence-electron chi connectivity index (χ0n) is 13.6. The summed E-state index contributed by atoms with van der Waals surface area (Å²) in [6.45, 7) is 12.1. The molecule has 1 heterocycles. The Morgan fingerprint density at radius 2 is 1.85 bits per heavy atom. The summed E-state index contributed by atoms with van der Waals surface area (Å²) >= 11 is 0. The molecule has 0 amide bonds. The van der Waals surface area contributed by atoms with Crippen LogP contribution in [0.25, 0.3) is 0 Å². The largest absolute Gasteiger partial charge is 0.374 e. The topological polar surface area (TPSA) is 21.3 Å². The van der Waals surface area contributed by atoms with Crippen molar-refractivity contribution in [3.05, 3.63) is 35.4 Å². The molecular formula is C18H29NO. The Morgan fingerprint density at radius 1 is 1.20 bits per heavy atom. The molecule has 2 heteroatoms. The molecule has 1 N–H and O–H groups in total. The van der Waals surface area contributed by atoms with Crippen LogP contribution in [0.1, 0.15) is 64.6 Å². The number of ether oxygens (including phenoxy) is 1. The SMILES string of the molecule is CC1CCC(CNC(C)c2ccc(C(C)(C)C)cc2)O1. The highest BCUT2D eigenvalue weighted by molar-refractivity contribution is 5.29. The first-order valence-electron chi connectivity index (χ1n) is 7.85. The van der Waals surface area contributed by atoms with Gasteiger partial charge in [0.2, 0.25) is 0 Å². The highest BCUT2D eigenvalue weighted by Gasteiger charge is 2.22. The summed E-state index contributed by atoms with van der Waals surface area (Å²) < 4.78 is 5.85. The fourth-order valence-electron chi connectivity index (χ4n) is 2.73. The van der Waals surface area contributed by atoms with Crippen LogP contribution in [0.2, 0.25) is 0 Å². The minimum absolute atomic E-state index is 0.225. The summed E-state index contributed by atoms with van der Waals surface area (Å²) in [7, 11) is 0. The van der Waals surface area contributed by atoms with Gasteiger partial charge in [0.05, 0.1) is 12.2 Å². The first-order chi connectivity index (χ1) is 9.36. The minimum atomic E-state index is 0.225. The van der Waals surface area contributed by atoms with Gasteiger partial charge in [-0.05, 0) is 43.2 Å². The second-order valence-corrected chi connectivity index (χ2v) is 7.15. The number of hydrogen-bond acceptors (Lipinski definition) is 2. The fourth-order valence-corrected chi connectivity index (χ4v) is 2.73. The molecule has 0 spiro atoms. The lowest BCUT2D eigenvalue weighted by Crippen LogP contribution is -2.29. The van der Waals surface area contributed by atoms with Gasteiger partial charge >= 0.3 is 0 Å². The molecule has 1 fully saturated rings. The summed E-state index contributed by atoms with van der Waals surface area (Å²) in [5, 5.41) is 3.59. The molecule has 0 bridgehead atoms. The summed E-state index contributed by atoms with van der Waals surface area (Å²) in [5.41, 5.74) is 2.97. The van der Waals surface area contributed by atoms with E-state index in [4.69, 9.17) is 4.74 Å². The van der Waals surface area contributed by atoms with E-state index in [2.05, 4.69) is 64.2 Å². The molecule has 20 heavy (non-hydrogen) atoms. The Hall–Kier alpha value is -0.860. The van der Waals surface area contributed by atoms with Gasteiger partial charge in [0, 0.05) is 12.6 Å². The molecule has 0 radical (unpaired) electrons. The fraction of sp³-hybridized carbons (Fsp3) is 0.667. The second-order valence-electron chi connectivity index (χ2n) is 7.15. The van der Waals surface area contributed by atoms with Crippen molar-refractivity contribution in [1.82, 2.24) is 5.32 Å². The Bertz CT molecular complexity index is 418. The zero-order chi connectivity index (χ0) is 14.8. The number of benzene rings is 1. The maximum Gasteiger partial charge on any atom is 0.0704 e. The summed E-state index contributed by atoms with van der Waals surface area (Å²) in [4.78, 5) is 0. The van der Waals surface area contributed by atoms with Crippen molar-refractivity contribution in [2.75, 3.05) is 6.54 Å². The van der Waals surface area contributed by atoms with Gasteiger partial charge < -0.3 is 10.1 Å². The number of rotatable bonds is 4. The number of hydrogen-bond donors (Lipinski definition) is 1. The van der Waals surface area contributed by atoms with Crippen molar-refractivity contribution in [1.29, 1.82) is 0 Å². The van der Waals surface area contributed by atoms with Crippen molar-refractivity contribution < 1.29 is 4.74 Å². The quantitative estimate of drug-likeness (QED) is 0.889. The molecule has 1 aromatic carbocycles. The van der Waals surface area contributed by atoms with Crippen LogP contribution in [0.4, 0.5) is 0 Å². The Morgan fingerprint density at radius 3 is 2.35 bits per heavy atom. The third kappa shape index (κ3) is 4.07. The van der Waals surface area contributed by atoms with Crippen LogP contribution in [0.5, 0.6) is 0 Å². The van der Waals surface area contributed by atoms with Crippen LogP contribution >= 0.6 is 0 Å². The molecule has 112 valence electrons. The molecule has 2 rings (SSSR count). The average Bonchev–Trinajstić information content (AvgIpc) is 2.81. The Kier molecular flexibility index (Phi) is 4.87. The van der Waals surface area contributed by atoms with Crippen LogP contribution in [-0.2, 0) is 10.2 Å². The molecule has 1 aromatic rings. The molecule has 1 saturated heterocycles. The Labute approximate surface area is 123 Å². The summed E-state index contributed by atoms with van der Waals surface area (Å²) in [6, 6.07) is 9.37.